The molecule has 2 aliphatic carbocycles. The van der Waals surface area contributed by atoms with Crippen molar-refractivity contribution in [2.75, 3.05) is 13.2 Å². The Balaban J connectivity index is 1.53. The summed E-state index contributed by atoms with van der Waals surface area (Å²) in [5, 5.41) is 38.7. The molecule has 3 heterocycles. The van der Waals surface area contributed by atoms with Crippen molar-refractivity contribution >= 4 is 30.5 Å². The molecule has 13 unspecified atom stereocenters. The van der Waals surface area contributed by atoms with Crippen LogP contribution < -0.4 is 26.6 Å². The average Bonchev–Trinajstić information content (AvgIpc) is 3.19. The molecule has 3 aliphatic heterocycles. The summed E-state index contributed by atoms with van der Waals surface area (Å²) in [6, 6.07) is -4.73. The summed E-state index contributed by atoms with van der Waals surface area (Å²) in [5.74, 6) is -0.968. The Labute approximate surface area is 423 Å². The van der Waals surface area contributed by atoms with E-state index >= 15 is 0 Å². The van der Waals surface area contributed by atoms with E-state index in [2.05, 4.69) is 26.6 Å². The van der Waals surface area contributed by atoms with Crippen LogP contribution in [0.4, 0.5) is 24.0 Å². The molecular formula is C49H83N5O18. The van der Waals surface area contributed by atoms with Crippen LogP contribution in [0.3, 0.4) is 0 Å². The van der Waals surface area contributed by atoms with Gasteiger partial charge in [-0.25, -0.2) is 24.0 Å². The van der Waals surface area contributed by atoms with Gasteiger partial charge in [-0.2, -0.15) is 0 Å². The third kappa shape index (κ3) is 18.0. The third-order valence-electron chi connectivity index (χ3n) is 11.5. The van der Waals surface area contributed by atoms with Crippen molar-refractivity contribution in [1.29, 1.82) is 0 Å². The van der Waals surface area contributed by atoms with Crippen LogP contribution in [0.2, 0.25) is 0 Å². The molecule has 0 aromatic rings. The molecular weight excluding hydrogens is 947 g/mol. The molecule has 13 atom stereocenters. The van der Waals surface area contributed by atoms with E-state index in [1.54, 1.807) is 116 Å². The zero-order valence-electron chi connectivity index (χ0n) is 44.7. The van der Waals surface area contributed by atoms with Gasteiger partial charge >= 0.3 is 30.5 Å². The van der Waals surface area contributed by atoms with Gasteiger partial charge in [0.2, 0.25) is 0 Å². The highest BCUT2D eigenvalue weighted by Gasteiger charge is 2.57. The van der Waals surface area contributed by atoms with Gasteiger partial charge in [0.05, 0.1) is 37.4 Å². The minimum Gasteiger partial charge on any atom is -0.444 e. The predicted octanol–water partition coefficient (Wildman–Crippen LogP) is 5.06. The van der Waals surface area contributed by atoms with Gasteiger partial charge in [0.1, 0.15) is 70.7 Å². The van der Waals surface area contributed by atoms with Gasteiger partial charge in [-0.15, -0.1) is 0 Å². The van der Waals surface area contributed by atoms with Crippen molar-refractivity contribution < 1.29 is 86.3 Å². The Morgan fingerprint density at radius 3 is 1.53 bits per heavy atom. The Morgan fingerprint density at radius 2 is 1.03 bits per heavy atom. The van der Waals surface area contributed by atoms with Crippen LogP contribution in [0.15, 0.2) is 12.2 Å². The zero-order chi connectivity index (χ0) is 53.8. The van der Waals surface area contributed by atoms with Gasteiger partial charge in [-0.3, -0.25) is 0 Å². The van der Waals surface area contributed by atoms with E-state index < -0.39 is 144 Å². The maximum absolute atomic E-state index is 13.6. The minimum atomic E-state index is -1.84. The normalized spacial score (nSPS) is 32.0. The molecule has 5 rings (SSSR count). The topological polar surface area (TPSA) is 287 Å². The molecule has 23 nitrogen and oxygen atoms in total. The number of aliphatic hydroxyl groups is 2. The lowest BCUT2D eigenvalue weighted by Crippen LogP contribution is -2.72. The quantitative estimate of drug-likeness (QED) is 0.111. The Bertz CT molecular complexity index is 1900. The number of carbonyl (C=O) groups is 5. The molecule has 0 bridgehead atoms. The number of hydrogen-bond acceptors (Lipinski definition) is 18. The van der Waals surface area contributed by atoms with Gasteiger partial charge in [-0.05, 0) is 123 Å². The fraction of sp³-hybridized carbons (Fsp3) is 0.857. The molecule has 2 saturated heterocycles. The Kier molecular flexibility index (Phi) is 18.8. The van der Waals surface area contributed by atoms with Gasteiger partial charge in [0.15, 0.2) is 18.4 Å². The monoisotopic (exact) mass is 1030 g/mol. The summed E-state index contributed by atoms with van der Waals surface area (Å²) in [5.41, 5.74) is -4.55. The van der Waals surface area contributed by atoms with Crippen LogP contribution >= 0.6 is 0 Å². The maximum atomic E-state index is 13.6. The number of hydrogen-bond donors (Lipinski definition) is 7. The third-order valence-corrected chi connectivity index (χ3v) is 11.5. The molecule has 0 aromatic carbocycles. The fourth-order valence-corrected chi connectivity index (χ4v) is 8.79. The summed E-state index contributed by atoms with van der Waals surface area (Å²) in [6.07, 6.45) is -9.87. The standard InChI is InChI=1S/C49H83N5O18/c1-44(2,3)68-39(57)50-24-26-19-20-27(51-40(58)69-45(4,5)6)37(63-26)65-34-28(52-41(59)70-46(7,8)9)23-29(53-42(60)71-47(10,11)12)35(33(34)56)66-38-32(55)31(54-43(61)72-48(13,14)15)36-30(64-38)25-62-49(67-36)21-17-16-18-22-49/h19-20,26-38,55-56H,16-18,21-25H2,1-15H3,(H,50,57)(H,51,58)(H,52,59)(H,53,60)(H,54,61). The molecule has 5 aliphatic rings. The highest BCUT2D eigenvalue weighted by Crippen LogP contribution is 2.42. The Hall–Kier alpha value is -4.23. The first-order valence-electron chi connectivity index (χ1n) is 25.0. The van der Waals surface area contributed by atoms with Gasteiger partial charge < -0.3 is 88.9 Å². The summed E-state index contributed by atoms with van der Waals surface area (Å²) in [7, 11) is 0. The molecule has 7 N–H and O–H groups in total. The smallest absolute Gasteiger partial charge is 0.408 e. The van der Waals surface area contributed by atoms with Crippen molar-refractivity contribution in [1.82, 2.24) is 26.6 Å². The van der Waals surface area contributed by atoms with E-state index in [0.717, 1.165) is 19.3 Å². The summed E-state index contributed by atoms with van der Waals surface area (Å²) in [6.45, 7) is 25.1. The molecule has 412 valence electrons. The van der Waals surface area contributed by atoms with Crippen LogP contribution in [-0.2, 0) is 52.1 Å². The SMILES string of the molecule is CC(C)(C)OC(=O)NCC1C=CC(NC(=O)OC(C)(C)C)C(OC2C(NC(=O)OC(C)(C)C)CC(NC(=O)OC(C)(C)C)C(OC3OC4COC5(CCCCC5)OC4C(NC(=O)OC(C)(C)C)C3O)C2O)O1. The van der Waals surface area contributed by atoms with E-state index in [4.69, 9.17) is 52.1 Å². The molecule has 72 heavy (non-hydrogen) atoms. The second-order valence-corrected chi connectivity index (χ2v) is 24.0. The number of carbonyl (C=O) groups excluding carboxylic acids is 5. The number of amides is 5. The number of fused-ring (bicyclic) bond motifs is 1. The molecule has 2 saturated carbocycles. The van der Waals surface area contributed by atoms with Crippen LogP contribution in [0.5, 0.6) is 0 Å². The highest BCUT2D eigenvalue weighted by molar-refractivity contribution is 5.70. The molecule has 5 amide bonds. The molecule has 0 radical (unpaired) electrons. The van der Waals surface area contributed by atoms with E-state index in [-0.39, 0.29) is 19.6 Å². The fourth-order valence-electron chi connectivity index (χ4n) is 8.79. The van der Waals surface area contributed by atoms with Crippen molar-refractivity contribution in [2.24, 2.45) is 0 Å². The van der Waals surface area contributed by atoms with Crippen molar-refractivity contribution in [3.63, 3.8) is 0 Å². The highest BCUT2D eigenvalue weighted by atomic mass is 16.8. The largest absolute Gasteiger partial charge is 0.444 e. The van der Waals surface area contributed by atoms with E-state index in [9.17, 15) is 34.2 Å². The second-order valence-electron chi connectivity index (χ2n) is 24.0. The van der Waals surface area contributed by atoms with E-state index in [0.29, 0.717) is 12.8 Å². The van der Waals surface area contributed by atoms with Crippen molar-refractivity contribution in [3.8, 4) is 0 Å². The number of nitrogens with one attached hydrogen (secondary N) is 5. The first-order chi connectivity index (χ1) is 33.1. The molecule has 0 aromatic heterocycles. The molecule has 4 fully saturated rings. The zero-order valence-corrected chi connectivity index (χ0v) is 44.7. The van der Waals surface area contributed by atoms with Crippen LogP contribution in [0, 0.1) is 0 Å². The lowest BCUT2D eigenvalue weighted by Gasteiger charge is -2.53. The van der Waals surface area contributed by atoms with Gasteiger partial charge in [-0.1, -0.05) is 18.6 Å². The van der Waals surface area contributed by atoms with Crippen LogP contribution in [0.25, 0.3) is 0 Å². The molecule has 23 heteroatoms. The average molecular weight is 1030 g/mol. The lowest BCUT2D eigenvalue weighted by molar-refractivity contribution is -0.389. The first kappa shape index (κ1) is 58.7. The lowest BCUT2D eigenvalue weighted by atomic mass is 9.83. The predicted molar refractivity (Wildman–Crippen MR) is 256 cm³/mol. The maximum Gasteiger partial charge on any atom is 0.408 e. The first-order valence-corrected chi connectivity index (χ1v) is 25.0. The van der Waals surface area contributed by atoms with E-state index in [1.807, 2.05) is 0 Å². The van der Waals surface area contributed by atoms with Crippen molar-refractivity contribution in [2.45, 2.75) is 256 Å². The number of aliphatic hydroxyl groups excluding tert-OH is 2. The van der Waals surface area contributed by atoms with Crippen LogP contribution in [0.1, 0.15) is 142 Å². The summed E-state index contributed by atoms with van der Waals surface area (Å²) in [4.78, 5) is 66.7. The number of ether oxygens (including phenoxy) is 11. The van der Waals surface area contributed by atoms with Crippen LogP contribution in [-0.4, -0.2) is 167 Å². The second kappa shape index (κ2) is 23.1. The van der Waals surface area contributed by atoms with Gasteiger partial charge in [0.25, 0.3) is 0 Å². The number of alkyl carbamates (subject to hydrolysis) is 5. The minimum absolute atomic E-state index is 0.00725. The Morgan fingerprint density at radius 1 is 0.569 bits per heavy atom. The summed E-state index contributed by atoms with van der Waals surface area (Å²) >= 11 is 0. The molecule has 1 spiro atoms. The summed E-state index contributed by atoms with van der Waals surface area (Å²) < 4.78 is 66.8. The van der Waals surface area contributed by atoms with Crippen molar-refractivity contribution in [3.05, 3.63) is 12.2 Å². The van der Waals surface area contributed by atoms with E-state index in [1.165, 1.54) is 0 Å². The van der Waals surface area contributed by atoms with Gasteiger partial charge in [0, 0.05) is 12.8 Å². The number of rotatable bonds is 10.